The molecule has 0 spiro atoms. The van der Waals surface area contributed by atoms with Crippen LogP contribution in [0.25, 0.3) is 0 Å². The first-order valence-corrected chi connectivity index (χ1v) is 6.72. The molecular formula is C13H25N3O. The predicted molar refractivity (Wildman–Crippen MR) is 70.2 cm³/mol. The second kappa shape index (κ2) is 9.05. The third-order valence-corrected chi connectivity index (χ3v) is 2.73. The summed E-state index contributed by atoms with van der Waals surface area (Å²) in [7, 11) is 0. The molecule has 1 aromatic heterocycles. The van der Waals surface area contributed by atoms with E-state index in [0.717, 1.165) is 25.3 Å². The smallest absolute Gasteiger partial charge is 0.157 e. The van der Waals surface area contributed by atoms with Gasteiger partial charge in [0.15, 0.2) is 5.75 Å². The Morgan fingerprint density at radius 1 is 1.24 bits per heavy atom. The zero-order chi connectivity index (χ0) is 12.3. The van der Waals surface area contributed by atoms with Gasteiger partial charge in [0.2, 0.25) is 0 Å². The summed E-state index contributed by atoms with van der Waals surface area (Å²) in [6.07, 6.45) is 11.4. The molecule has 0 fully saturated rings. The van der Waals surface area contributed by atoms with Crippen LogP contribution in [0.2, 0.25) is 0 Å². The first-order chi connectivity index (χ1) is 8.36. The van der Waals surface area contributed by atoms with Crippen LogP contribution in [0.15, 0.2) is 12.4 Å². The number of hydrogen-bond acceptors (Lipinski definition) is 3. The SMILES string of the molecule is CCCCCCCCOc1cnn(CCN)c1. The lowest BCUT2D eigenvalue weighted by molar-refractivity contribution is 0.304. The van der Waals surface area contributed by atoms with E-state index in [0.29, 0.717) is 6.54 Å². The fraction of sp³-hybridized carbons (Fsp3) is 0.769. The minimum absolute atomic E-state index is 0.610. The van der Waals surface area contributed by atoms with Crippen molar-refractivity contribution in [1.82, 2.24) is 9.78 Å². The molecule has 0 aliphatic heterocycles. The molecule has 0 unspecified atom stereocenters. The van der Waals surface area contributed by atoms with Crippen molar-refractivity contribution in [3.63, 3.8) is 0 Å². The summed E-state index contributed by atoms with van der Waals surface area (Å²) in [6.45, 7) is 4.39. The summed E-state index contributed by atoms with van der Waals surface area (Å²) >= 11 is 0. The van der Waals surface area contributed by atoms with Crippen molar-refractivity contribution in [2.24, 2.45) is 5.73 Å². The molecule has 0 saturated carbocycles. The minimum atomic E-state index is 0.610. The Hall–Kier alpha value is -1.03. The molecule has 4 nitrogen and oxygen atoms in total. The Morgan fingerprint density at radius 2 is 2.00 bits per heavy atom. The van der Waals surface area contributed by atoms with E-state index in [9.17, 15) is 0 Å². The van der Waals surface area contributed by atoms with Crippen molar-refractivity contribution in [2.45, 2.75) is 52.0 Å². The molecule has 2 N–H and O–H groups in total. The first kappa shape index (κ1) is 14.0. The molecule has 0 aliphatic rings. The second-order valence-electron chi connectivity index (χ2n) is 4.34. The molecular weight excluding hydrogens is 214 g/mol. The van der Waals surface area contributed by atoms with Gasteiger partial charge in [-0.3, -0.25) is 4.68 Å². The van der Waals surface area contributed by atoms with E-state index in [2.05, 4.69) is 12.0 Å². The number of hydrogen-bond donors (Lipinski definition) is 1. The summed E-state index contributed by atoms with van der Waals surface area (Å²) < 4.78 is 7.43. The number of rotatable bonds is 10. The van der Waals surface area contributed by atoms with Crippen LogP contribution in [-0.2, 0) is 6.54 Å². The highest BCUT2D eigenvalue weighted by Crippen LogP contribution is 2.10. The molecule has 17 heavy (non-hydrogen) atoms. The normalized spacial score (nSPS) is 10.7. The molecule has 0 aliphatic carbocycles. The Kier molecular flexibility index (Phi) is 7.47. The fourth-order valence-electron chi connectivity index (χ4n) is 1.75. The van der Waals surface area contributed by atoms with E-state index in [1.165, 1.54) is 32.1 Å². The maximum Gasteiger partial charge on any atom is 0.157 e. The zero-order valence-electron chi connectivity index (χ0n) is 10.9. The summed E-state index contributed by atoms with van der Waals surface area (Å²) in [4.78, 5) is 0. The third-order valence-electron chi connectivity index (χ3n) is 2.73. The molecule has 0 bridgehead atoms. The monoisotopic (exact) mass is 239 g/mol. The van der Waals surface area contributed by atoms with Crippen LogP contribution in [-0.4, -0.2) is 22.9 Å². The van der Waals surface area contributed by atoms with Crippen LogP contribution in [0.4, 0.5) is 0 Å². The highest BCUT2D eigenvalue weighted by molar-refractivity contribution is 5.11. The quantitative estimate of drug-likeness (QED) is 0.638. The van der Waals surface area contributed by atoms with Gasteiger partial charge in [-0.05, 0) is 6.42 Å². The topological polar surface area (TPSA) is 53.1 Å². The summed E-state index contributed by atoms with van der Waals surface area (Å²) in [5, 5.41) is 4.16. The lowest BCUT2D eigenvalue weighted by Crippen LogP contribution is -2.09. The van der Waals surface area contributed by atoms with Gasteiger partial charge in [-0.15, -0.1) is 0 Å². The number of nitrogens with two attached hydrogens (primary N) is 1. The van der Waals surface area contributed by atoms with Gasteiger partial charge in [-0.2, -0.15) is 5.10 Å². The van der Waals surface area contributed by atoms with Crippen LogP contribution >= 0.6 is 0 Å². The third kappa shape index (κ3) is 6.31. The van der Waals surface area contributed by atoms with E-state index in [1.54, 1.807) is 6.20 Å². The maximum absolute atomic E-state index is 5.62. The molecule has 1 rings (SSSR count). The van der Waals surface area contributed by atoms with Crippen LogP contribution < -0.4 is 10.5 Å². The van der Waals surface area contributed by atoms with Gasteiger partial charge in [0.05, 0.1) is 25.5 Å². The van der Waals surface area contributed by atoms with Crippen LogP contribution in [0.1, 0.15) is 45.4 Å². The number of aromatic nitrogens is 2. The largest absolute Gasteiger partial charge is 0.490 e. The highest BCUT2D eigenvalue weighted by atomic mass is 16.5. The lowest BCUT2D eigenvalue weighted by Gasteiger charge is -2.03. The second-order valence-corrected chi connectivity index (χ2v) is 4.34. The van der Waals surface area contributed by atoms with Crippen molar-refractivity contribution in [1.29, 1.82) is 0 Å². The highest BCUT2D eigenvalue weighted by Gasteiger charge is 1.98. The van der Waals surface area contributed by atoms with E-state index in [-0.39, 0.29) is 0 Å². The van der Waals surface area contributed by atoms with Gasteiger partial charge in [0, 0.05) is 6.54 Å². The lowest BCUT2D eigenvalue weighted by atomic mass is 10.1. The summed E-state index contributed by atoms with van der Waals surface area (Å²) in [5.41, 5.74) is 5.45. The molecule has 0 radical (unpaired) electrons. The molecule has 98 valence electrons. The Labute approximate surface area is 104 Å². The summed E-state index contributed by atoms with van der Waals surface area (Å²) in [6, 6.07) is 0. The molecule has 0 amide bonds. The molecule has 4 heteroatoms. The molecule has 1 aromatic rings. The van der Waals surface area contributed by atoms with Crippen molar-refractivity contribution in [2.75, 3.05) is 13.2 Å². The van der Waals surface area contributed by atoms with E-state index in [1.807, 2.05) is 10.9 Å². The Morgan fingerprint density at radius 3 is 2.76 bits per heavy atom. The van der Waals surface area contributed by atoms with Crippen LogP contribution in [0.3, 0.4) is 0 Å². The van der Waals surface area contributed by atoms with Crippen LogP contribution in [0.5, 0.6) is 5.75 Å². The van der Waals surface area contributed by atoms with Crippen molar-refractivity contribution >= 4 is 0 Å². The van der Waals surface area contributed by atoms with Gasteiger partial charge in [-0.25, -0.2) is 0 Å². The number of ether oxygens (including phenoxy) is 1. The Balaban J connectivity index is 2.01. The fourth-order valence-corrected chi connectivity index (χ4v) is 1.75. The zero-order valence-corrected chi connectivity index (χ0v) is 10.9. The number of nitrogens with zero attached hydrogens (tertiary/aromatic N) is 2. The Bertz CT molecular complexity index is 286. The first-order valence-electron chi connectivity index (χ1n) is 6.72. The summed E-state index contributed by atoms with van der Waals surface area (Å²) in [5.74, 6) is 0.854. The minimum Gasteiger partial charge on any atom is -0.490 e. The van der Waals surface area contributed by atoms with Gasteiger partial charge in [-0.1, -0.05) is 39.0 Å². The van der Waals surface area contributed by atoms with Crippen molar-refractivity contribution in [3.05, 3.63) is 12.4 Å². The molecule has 0 saturated heterocycles. The molecule has 1 heterocycles. The van der Waals surface area contributed by atoms with Crippen LogP contribution in [0, 0.1) is 0 Å². The molecule has 0 atom stereocenters. The van der Waals surface area contributed by atoms with Gasteiger partial charge in [0.25, 0.3) is 0 Å². The predicted octanol–water partition coefficient (Wildman–Crippen LogP) is 2.58. The average molecular weight is 239 g/mol. The standard InChI is InChI=1S/C13H25N3O/c1-2-3-4-5-6-7-10-17-13-11-15-16(12-13)9-8-14/h11-12H,2-10,14H2,1H3. The van der Waals surface area contributed by atoms with Gasteiger partial charge < -0.3 is 10.5 Å². The number of unbranched alkanes of at least 4 members (excludes halogenated alkanes) is 5. The van der Waals surface area contributed by atoms with E-state index in [4.69, 9.17) is 10.5 Å². The van der Waals surface area contributed by atoms with Crippen molar-refractivity contribution in [3.8, 4) is 5.75 Å². The molecule has 0 aromatic carbocycles. The van der Waals surface area contributed by atoms with E-state index < -0.39 is 0 Å². The van der Waals surface area contributed by atoms with E-state index >= 15 is 0 Å². The van der Waals surface area contributed by atoms with Gasteiger partial charge >= 0.3 is 0 Å². The van der Waals surface area contributed by atoms with Crippen molar-refractivity contribution < 1.29 is 4.74 Å². The van der Waals surface area contributed by atoms with Gasteiger partial charge in [0.1, 0.15) is 0 Å². The maximum atomic E-state index is 5.62. The average Bonchev–Trinajstić information content (AvgIpc) is 2.76.